The van der Waals surface area contributed by atoms with Crippen molar-refractivity contribution in [1.82, 2.24) is 4.98 Å². The van der Waals surface area contributed by atoms with Gasteiger partial charge in [0.15, 0.2) is 0 Å². The van der Waals surface area contributed by atoms with E-state index in [4.69, 9.17) is 5.73 Å². The fraction of sp³-hybridized carbons (Fsp3) is 0.250. The maximum Gasteiger partial charge on any atom is 0.340 e. The van der Waals surface area contributed by atoms with Crippen LogP contribution in [0.4, 0.5) is 17.2 Å². The van der Waals surface area contributed by atoms with Gasteiger partial charge in [-0.15, -0.1) is 0 Å². The van der Waals surface area contributed by atoms with E-state index in [1.807, 2.05) is 12.1 Å². The standard InChI is InChI=1S/C16H19N3O2/c1-10(2)11-4-6-12(7-5-11)19-15-8-13(16(20)21-3)14(17)9-18-15/h4-10H,17H2,1-3H3,(H,18,19). The molecule has 0 spiro atoms. The normalized spacial score (nSPS) is 10.5. The van der Waals surface area contributed by atoms with E-state index in [1.54, 1.807) is 6.07 Å². The van der Waals surface area contributed by atoms with E-state index in [0.29, 0.717) is 23.0 Å². The molecule has 0 aliphatic heterocycles. The highest BCUT2D eigenvalue weighted by molar-refractivity contribution is 5.95. The van der Waals surface area contributed by atoms with Gasteiger partial charge in [-0.05, 0) is 29.7 Å². The largest absolute Gasteiger partial charge is 0.465 e. The highest BCUT2D eigenvalue weighted by atomic mass is 16.5. The van der Waals surface area contributed by atoms with Crippen LogP contribution in [0.15, 0.2) is 36.5 Å². The molecule has 0 aliphatic rings. The number of nitrogen functional groups attached to an aromatic ring is 1. The van der Waals surface area contributed by atoms with Gasteiger partial charge in [0.2, 0.25) is 0 Å². The van der Waals surface area contributed by atoms with Crippen molar-refractivity contribution in [2.75, 3.05) is 18.2 Å². The number of esters is 1. The van der Waals surface area contributed by atoms with E-state index in [0.717, 1.165) is 5.69 Å². The number of hydrogen-bond donors (Lipinski definition) is 2. The Morgan fingerprint density at radius 2 is 1.95 bits per heavy atom. The maximum absolute atomic E-state index is 11.6. The smallest absolute Gasteiger partial charge is 0.340 e. The van der Waals surface area contributed by atoms with Gasteiger partial charge in [0, 0.05) is 5.69 Å². The molecule has 3 N–H and O–H groups in total. The van der Waals surface area contributed by atoms with Gasteiger partial charge in [0.1, 0.15) is 5.82 Å². The van der Waals surface area contributed by atoms with Crippen molar-refractivity contribution in [3.05, 3.63) is 47.7 Å². The van der Waals surface area contributed by atoms with Crippen LogP contribution in [-0.4, -0.2) is 18.1 Å². The summed E-state index contributed by atoms with van der Waals surface area (Å²) in [5, 5.41) is 3.14. The minimum atomic E-state index is -0.479. The number of carbonyl (C=O) groups excluding carboxylic acids is 1. The molecule has 0 bridgehead atoms. The van der Waals surface area contributed by atoms with Crippen molar-refractivity contribution in [3.8, 4) is 0 Å². The van der Waals surface area contributed by atoms with Crippen LogP contribution in [0, 0.1) is 0 Å². The first-order chi connectivity index (χ1) is 10.0. The van der Waals surface area contributed by atoms with Crippen molar-refractivity contribution in [2.24, 2.45) is 0 Å². The lowest BCUT2D eigenvalue weighted by atomic mass is 10.0. The van der Waals surface area contributed by atoms with E-state index in [1.165, 1.54) is 18.9 Å². The molecule has 5 nitrogen and oxygen atoms in total. The van der Waals surface area contributed by atoms with Crippen molar-refractivity contribution in [1.29, 1.82) is 0 Å². The number of nitrogens with zero attached hydrogens (tertiary/aromatic N) is 1. The first kappa shape index (κ1) is 14.8. The van der Waals surface area contributed by atoms with E-state index >= 15 is 0 Å². The Labute approximate surface area is 124 Å². The monoisotopic (exact) mass is 285 g/mol. The fourth-order valence-corrected chi connectivity index (χ4v) is 1.92. The Bertz CT molecular complexity index is 636. The third kappa shape index (κ3) is 3.51. The van der Waals surface area contributed by atoms with Crippen molar-refractivity contribution in [3.63, 3.8) is 0 Å². The molecular weight excluding hydrogens is 266 g/mol. The van der Waals surface area contributed by atoms with E-state index in [2.05, 4.69) is 41.0 Å². The average Bonchev–Trinajstić information content (AvgIpc) is 2.49. The summed E-state index contributed by atoms with van der Waals surface area (Å²) in [6, 6.07) is 9.66. The molecule has 0 fully saturated rings. The van der Waals surface area contributed by atoms with Crippen LogP contribution in [-0.2, 0) is 4.74 Å². The predicted molar refractivity (Wildman–Crippen MR) is 83.8 cm³/mol. The molecule has 0 atom stereocenters. The average molecular weight is 285 g/mol. The van der Waals surface area contributed by atoms with Gasteiger partial charge >= 0.3 is 5.97 Å². The number of nitrogens with two attached hydrogens (primary N) is 1. The number of anilines is 3. The van der Waals surface area contributed by atoms with Gasteiger partial charge in [-0.3, -0.25) is 0 Å². The highest BCUT2D eigenvalue weighted by Crippen LogP contribution is 2.22. The van der Waals surface area contributed by atoms with Gasteiger partial charge in [-0.1, -0.05) is 26.0 Å². The maximum atomic E-state index is 11.6. The number of rotatable bonds is 4. The second-order valence-corrected chi connectivity index (χ2v) is 5.05. The van der Waals surface area contributed by atoms with Gasteiger partial charge in [-0.2, -0.15) is 0 Å². The number of hydrogen-bond acceptors (Lipinski definition) is 5. The Hall–Kier alpha value is -2.56. The molecule has 0 aliphatic carbocycles. The van der Waals surface area contributed by atoms with Gasteiger partial charge in [0.05, 0.1) is 24.6 Å². The molecule has 0 amide bonds. The molecule has 0 unspecified atom stereocenters. The third-order valence-electron chi connectivity index (χ3n) is 3.19. The molecule has 0 radical (unpaired) electrons. The topological polar surface area (TPSA) is 77.2 Å². The number of carbonyl (C=O) groups is 1. The molecular formula is C16H19N3O2. The van der Waals surface area contributed by atoms with Gasteiger partial charge in [-0.25, -0.2) is 9.78 Å². The lowest BCUT2D eigenvalue weighted by molar-refractivity contribution is 0.0602. The van der Waals surface area contributed by atoms with Crippen LogP contribution in [0.5, 0.6) is 0 Å². The molecule has 0 saturated heterocycles. The van der Waals surface area contributed by atoms with Crippen molar-refractivity contribution in [2.45, 2.75) is 19.8 Å². The van der Waals surface area contributed by atoms with E-state index in [9.17, 15) is 4.79 Å². The Balaban J connectivity index is 2.21. The molecule has 5 heteroatoms. The van der Waals surface area contributed by atoms with Crippen LogP contribution in [0.2, 0.25) is 0 Å². The molecule has 1 aromatic carbocycles. The molecule has 1 heterocycles. The third-order valence-corrected chi connectivity index (χ3v) is 3.19. The first-order valence-electron chi connectivity index (χ1n) is 6.72. The molecule has 1 aromatic heterocycles. The summed E-state index contributed by atoms with van der Waals surface area (Å²) in [4.78, 5) is 15.8. The first-order valence-corrected chi connectivity index (χ1v) is 6.72. The summed E-state index contributed by atoms with van der Waals surface area (Å²) in [5.41, 5.74) is 8.48. The molecule has 2 rings (SSSR count). The summed E-state index contributed by atoms with van der Waals surface area (Å²) in [6.45, 7) is 4.29. The minimum absolute atomic E-state index is 0.294. The van der Waals surface area contributed by atoms with Crippen LogP contribution in [0.3, 0.4) is 0 Å². The number of nitrogens with one attached hydrogen (secondary N) is 1. The Morgan fingerprint density at radius 1 is 1.29 bits per heavy atom. The van der Waals surface area contributed by atoms with E-state index in [-0.39, 0.29) is 0 Å². The van der Waals surface area contributed by atoms with Gasteiger partial charge in [0.25, 0.3) is 0 Å². The highest BCUT2D eigenvalue weighted by Gasteiger charge is 2.11. The minimum Gasteiger partial charge on any atom is -0.465 e. The van der Waals surface area contributed by atoms with Crippen molar-refractivity contribution < 1.29 is 9.53 Å². The zero-order valence-electron chi connectivity index (χ0n) is 12.4. The van der Waals surface area contributed by atoms with Crippen LogP contribution in [0.1, 0.15) is 35.7 Å². The lowest BCUT2D eigenvalue weighted by Crippen LogP contribution is -2.07. The number of pyridine rings is 1. The molecule has 110 valence electrons. The second-order valence-electron chi connectivity index (χ2n) is 5.05. The second kappa shape index (κ2) is 6.26. The Kier molecular flexibility index (Phi) is 4.42. The summed E-state index contributed by atoms with van der Waals surface area (Å²) in [6.07, 6.45) is 1.44. The summed E-state index contributed by atoms with van der Waals surface area (Å²) in [5.74, 6) is 0.551. The zero-order chi connectivity index (χ0) is 15.4. The number of benzene rings is 1. The predicted octanol–water partition coefficient (Wildman–Crippen LogP) is 3.32. The zero-order valence-corrected chi connectivity index (χ0v) is 12.4. The van der Waals surface area contributed by atoms with E-state index < -0.39 is 5.97 Å². The summed E-state index contributed by atoms with van der Waals surface area (Å²) in [7, 11) is 1.32. The SMILES string of the molecule is COC(=O)c1cc(Nc2ccc(C(C)C)cc2)ncc1N. The van der Waals surface area contributed by atoms with Gasteiger partial charge < -0.3 is 15.8 Å². The summed E-state index contributed by atoms with van der Waals surface area (Å²) >= 11 is 0. The fourth-order valence-electron chi connectivity index (χ4n) is 1.92. The van der Waals surface area contributed by atoms with Crippen molar-refractivity contribution >= 4 is 23.2 Å². The number of ether oxygens (including phenoxy) is 1. The summed E-state index contributed by atoms with van der Waals surface area (Å²) < 4.78 is 4.69. The Morgan fingerprint density at radius 3 is 2.52 bits per heavy atom. The number of methoxy groups -OCH3 is 1. The molecule has 2 aromatic rings. The molecule has 0 saturated carbocycles. The number of aromatic nitrogens is 1. The van der Waals surface area contributed by atoms with Crippen LogP contribution >= 0.6 is 0 Å². The van der Waals surface area contributed by atoms with Crippen LogP contribution < -0.4 is 11.1 Å². The molecule has 21 heavy (non-hydrogen) atoms. The van der Waals surface area contributed by atoms with Crippen LogP contribution in [0.25, 0.3) is 0 Å². The lowest BCUT2D eigenvalue weighted by Gasteiger charge is -2.10. The quantitative estimate of drug-likeness (QED) is 0.843.